The molecule has 1 heterocycles. The van der Waals surface area contributed by atoms with Gasteiger partial charge in [-0.15, -0.1) is 0 Å². The average Bonchev–Trinajstić information content (AvgIpc) is 2.30. The van der Waals surface area contributed by atoms with Crippen molar-refractivity contribution in [2.24, 2.45) is 0 Å². The predicted molar refractivity (Wildman–Crippen MR) is 66.7 cm³/mol. The summed E-state index contributed by atoms with van der Waals surface area (Å²) in [6.45, 7) is 2.73. The first-order valence-electron chi connectivity index (χ1n) is 5.54. The van der Waals surface area contributed by atoms with Crippen LogP contribution in [0.2, 0.25) is 0 Å². The number of rotatable bonds is 3. The van der Waals surface area contributed by atoms with Gasteiger partial charge in [-0.25, -0.2) is 0 Å². The van der Waals surface area contributed by atoms with Gasteiger partial charge in [0.2, 0.25) is 0 Å². The van der Waals surface area contributed by atoms with E-state index >= 15 is 0 Å². The third kappa shape index (κ3) is 1.99. The Morgan fingerprint density at radius 2 is 2.12 bits per heavy atom. The molecule has 0 amide bonds. The Hall–Kier alpha value is -1.61. The zero-order valence-corrected chi connectivity index (χ0v) is 9.63. The van der Waals surface area contributed by atoms with Crippen LogP contribution in [0.3, 0.4) is 0 Å². The predicted octanol–water partition coefficient (Wildman–Crippen LogP) is 1.81. The first kappa shape index (κ1) is 10.9. The molecule has 2 rings (SSSR count). The van der Waals surface area contributed by atoms with Crippen LogP contribution in [0.25, 0.3) is 10.9 Å². The van der Waals surface area contributed by atoms with Crippen LogP contribution in [0.1, 0.15) is 18.1 Å². The normalized spacial score (nSPS) is 10.9. The van der Waals surface area contributed by atoms with E-state index in [-0.39, 0.29) is 5.56 Å². The number of fused-ring (bicyclic) bond motifs is 1. The lowest BCUT2D eigenvalue weighted by atomic mass is 10.1. The molecule has 0 aliphatic carbocycles. The lowest BCUT2D eigenvalue weighted by Crippen LogP contribution is -2.18. The fourth-order valence-corrected chi connectivity index (χ4v) is 1.84. The number of nitrogens with one attached hydrogen (secondary N) is 2. The van der Waals surface area contributed by atoms with Crippen molar-refractivity contribution < 1.29 is 0 Å². The maximum Gasteiger partial charge on any atom is 0.252 e. The van der Waals surface area contributed by atoms with Gasteiger partial charge in [0.15, 0.2) is 0 Å². The summed E-state index contributed by atoms with van der Waals surface area (Å²) in [4.78, 5) is 14.6. The Labute approximate surface area is 94.5 Å². The Bertz CT molecular complexity index is 557. The van der Waals surface area contributed by atoms with Crippen LogP contribution in [-0.4, -0.2) is 12.0 Å². The summed E-state index contributed by atoms with van der Waals surface area (Å²) in [7, 11) is 1.84. The highest BCUT2D eigenvalue weighted by molar-refractivity contribution is 5.79. The smallest absolute Gasteiger partial charge is 0.252 e. The standard InChI is InChI=1S/C13H16N2O/c1-3-9-4-5-12-10(6-9)7-11(8-14-2)13(16)15-12/h4-7,14H,3,8H2,1-2H3,(H,15,16). The monoisotopic (exact) mass is 216 g/mol. The molecule has 2 aromatic rings. The molecule has 0 saturated heterocycles. The zero-order valence-electron chi connectivity index (χ0n) is 9.63. The molecule has 3 heteroatoms. The number of hydrogen-bond donors (Lipinski definition) is 2. The van der Waals surface area contributed by atoms with Crippen molar-refractivity contribution >= 4 is 10.9 Å². The summed E-state index contributed by atoms with van der Waals surface area (Å²) in [5.41, 5.74) is 2.96. The second-order valence-electron chi connectivity index (χ2n) is 3.93. The van der Waals surface area contributed by atoms with E-state index in [0.717, 1.165) is 22.9 Å². The minimum atomic E-state index is -0.00824. The quantitative estimate of drug-likeness (QED) is 0.822. The summed E-state index contributed by atoms with van der Waals surface area (Å²) in [5, 5.41) is 4.10. The number of aromatic nitrogens is 1. The van der Waals surface area contributed by atoms with E-state index in [1.807, 2.05) is 19.2 Å². The van der Waals surface area contributed by atoms with E-state index in [0.29, 0.717) is 6.54 Å². The number of aromatic amines is 1. The van der Waals surface area contributed by atoms with Crippen molar-refractivity contribution in [3.63, 3.8) is 0 Å². The van der Waals surface area contributed by atoms with Crippen LogP contribution in [0, 0.1) is 0 Å². The first-order chi connectivity index (χ1) is 7.74. The Morgan fingerprint density at radius 3 is 2.81 bits per heavy atom. The van der Waals surface area contributed by atoms with Crippen molar-refractivity contribution in [1.82, 2.24) is 10.3 Å². The van der Waals surface area contributed by atoms with Crippen molar-refractivity contribution in [1.29, 1.82) is 0 Å². The molecule has 1 aromatic heterocycles. The van der Waals surface area contributed by atoms with E-state index in [1.165, 1.54) is 5.56 Å². The second-order valence-corrected chi connectivity index (χ2v) is 3.93. The number of aryl methyl sites for hydroxylation is 1. The van der Waals surface area contributed by atoms with Crippen molar-refractivity contribution in [2.75, 3.05) is 7.05 Å². The number of pyridine rings is 1. The van der Waals surface area contributed by atoms with E-state index in [4.69, 9.17) is 0 Å². The largest absolute Gasteiger partial charge is 0.322 e. The molecule has 0 spiro atoms. The van der Waals surface area contributed by atoms with Crippen LogP contribution >= 0.6 is 0 Å². The van der Waals surface area contributed by atoms with E-state index in [1.54, 1.807) is 0 Å². The molecule has 1 aromatic carbocycles. The molecule has 0 radical (unpaired) electrons. The summed E-state index contributed by atoms with van der Waals surface area (Å²) in [5.74, 6) is 0. The fourth-order valence-electron chi connectivity index (χ4n) is 1.84. The minimum absolute atomic E-state index is 0.00824. The molecule has 0 fully saturated rings. The van der Waals surface area contributed by atoms with Gasteiger partial charge in [0.1, 0.15) is 0 Å². The van der Waals surface area contributed by atoms with Crippen LogP contribution in [0.5, 0.6) is 0 Å². The molecule has 0 unspecified atom stereocenters. The van der Waals surface area contributed by atoms with Gasteiger partial charge in [0, 0.05) is 17.6 Å². The number of H-pyrrole nitrogens is 1. The molecule has 16 heavy (non-hydrogen) atoms. The van der Waals surface area contributed by atoms with Gasteiger partial charge in [-0.3, -0.25) is 4.79 Å². The average molecular weight is 216 g/mol. The Morgan fingerprint density at radius 1 is 1.31 bits per heavy atom. The molecule has 0 saturated carbocycles. The third-order valence-electron chi connectivity index (χ3n) is 2.76. The maximum absolute atomic E-state index is 11.7. The van der Waals surface area contributed by atoms with Crippen LogP contribution < -0.4 is 10.9 Å². The third-order valence-corrected chi connectivity index (χ3v) is 2.76. The van der Waals surface area contributed by atoms with E-state index in [9.17, 15) is 4.79 Å². The SMILES string of the molecule is CCc1ccc2[nH]c(=O)c(CNC)cc2c1. The molecular formula is C13H16N2O. The van der Waals surface area contributed by atoms with E-state index < -0.39 is 0 Å². The lowest BCUT2D eigenvalue weighted by Gasteiger charge is -2.04. The van der Waals surface area contributed by atoms with Gasteiger partial charge >= 0.3 is 0 Å². The highest BCUT2D eigenvalue weighted by Crippen LogP contribution is 2.14. The summed E-state index contributed by atoms with van der Waals surface area (Å²) >= 11 is 0. The summed E-state index contributed by atoms with van der Waals surface area (Å²) in [6, 6.07) is 8.11. The molecule has 2 N–H and O–H groups in total. The van der Waals surface area contributed by atoms with E-state index in [2.05, 4.69) is 29.4 Å². The van der Waals surface area contributed by atoms with Gasteiger partial charge in [-0.05, 0) is 42.6 Å². The van der Waals surface area contributed by atoms with Gasteiger partial charge in [-0.1, -0.05) is 13.0 Å². The zero-order chi connectivity index (χ0) is 11.5. The summed E-state index contributed by atoms with van der Waals surface area (Å²) < 4.78 is 0. The van der Waals surface area contributed by atoms with Crippen molar-refractivity contribution in [2.45, 2.75) is 19.9 Å². The lowest BCUT2D eigenvalue weighted by molar-refractivity contribution is 0.808. The highest BCUT2D eigenvalue weighted by atomic mass is 16.1. The molecule has 84 valence electrons. The molecular weight excluding hydrogens is 200 g/mol. The molecule has 3 nitrogen and oxygen atoms in total. The van der Waals surface area contributed by atoms with Crippen LogP contribution in [0.4, 0.5) is 0 Å². The van der Waals surface area contributed by atoms with Gasteiger partial charge < -0.3 is 10.3 Å². The highest BCUT2D eigenvalue weighted by Gasteiger charge is 2.02. The van der Waals surface area contributed by atoms with Gasteiger partial charge in [0.05, 0.1) is 0 Å². The summed E-state index contributed by atoms with van der Waals surface area (Å²) in [6.07, 6.45) is 1.01. The number of hydrogen-bond acceptors (Lipinski definition) is 2. The van der Waals surface area contributed by atoms with Crippen LogP contribution in [0.15, 0.2) is 29.1 Å². The molecule has 0 aliphatic rings. The van der Waals surface area contributed by atoms with Crippen LogP contribution in [-0.2, 0) is 13.0 Å². The van der Waals surface area contributed by atoms with Crippen molar-refractivity contribution in [3.8, 4) is 0 Å². The first-order valence-corrected chi connectivity index (χ1v) is 5.54. The van der Waals surface area contributed by atoms with Crippen molar-refractivity contribution in [3.05, 3.63) is 45.7 Å². The topological polar surface area (TPSA) is 44.9 Å². The van der Waals surface area contributed by atoms with Gasteiger partial charge in [0.25, 0.3) is 5.56 Å². The molecule has 0 bridgehead atoms. The Balaban J connectivity index is 2.61. The minimum Gasteiger partial charge on any atom is -0.322 e. The second kappa shape index (κ2) is 4.49. The molecule has 0 atom stereocenters. The fraction of sp³-hybridized carbons (Fsp3) is 0.308. The number of benzene rings is 1. The Kier molecular flexibility index (Phi) is 3.06. The molecule has 0 aliphatic heterocycles. The maximum atomic E-state index is 11.7. The van der Waals surface area contributed by atoms with Gasteiger partial charge in [-0.2, -0.15) is 0 Å².